The van der Waals surface area contributed by atoms with E-state index in [9.17, 15) is 10.1 Å². The first-order valence-electron chi connectivity index (χ1n) is 9.19. The van der Waals surface area contributed by atoms with E-state index in [0.29, 0.717) is 35.3 Å². The Labute approximate surface area is 170 Å². The zero-order chi connectivity index (χ0) is 20.5. The van der Waals surface area contributed by atoms with E-state index in [-0.39, 0.29) is 5.69 Å². The normalized spacial score (nSPS) is 11.7. The van der Waals surface area contributed by atoms with Gasteiger partial charge < -0.3 is 14.2 Å². The first-order chi connectivity index (χ1) is 13.5. The average Bonchev–Trinajstić information content (AvgIpc) is 2.72. The summed E-state index contributed by atoms with van der Waals surface area (Å²) in [5, 5.41) is 11.3. The van der Waals surface area contributed by atoms with Crippen molar-refractivity contribution in [3.8, 4) is 17.2 Å². The number of nitrogens with zero attached hydrogens (tertiary/aromatic N) is 1. The minimum Gasteiger partial charge on any atom is -0.493 e. The van der Waals surface area contributed by atoms with Crippen LogP contribution < -0.4 is 14.2 Å². The van der Waals surface area contributed by atoms with Crippen molar-refractivity contribution in [1.82, 2.24) is 0 Å². The van der Waals surface area contributed by atoms with Crippen molar-refractivity contribution in [3.05, 3.63) is 57.6 Å². The SMILES string of the molecule is CCC(C)c1ccc(OCCSCc2cc(OC)c(OC)cc2[N+](=O)[O-])cc1. The molecule has 0 heterocycles. The summed E-state index contributed by atoms with van der Waals surface area (Å²) >= 11 is 1.58. The number of thioether (sulfide) groups is 1. The van der Waals surface area contributed by atoms with Gasteiger partial charge in [-0.2, -0.15) is 11.8 Å². The summed E-state index contributed by atoms with van der Waals surface area (Å²) in [4.78, 5) is 10.9. The molecule has 28 heavy (non-hydrogen) atoms. The van der Waals surface area contributed by atoms with Gasteiger partial charge in [0.05, 0.1) is 31.8 Å². The minimum atomic E-state index is -0.396. The van der Waals surface area contributed by atoms with Crippen LogP contribution >= 0.6 is 11.8 Å². The van der Waals surface area contributed by atoms with Gasteiger partial charge in [0.1, 0.15) is 5.75 Å². The molecule has 1 atom stereocenters. The second-order valence-corrected chi connectivity index (χ2v) is 7.48. The summed E-state index contributed by atoms with van der Waals surface area (Å²) in [6, 6.07) is 11.3. The summed E-state index contributed by atoms with van der Waals surface area (Å²) in [5.41, 5.74) is 1.95. The third kappa shape index (κ3) is 5.79. The number of benzene rings is 2. The molecule has 0 saturated carbocycles. The van der Waals surface area contributed by atoms with E-state index < -0.39 is 4.92 Å². The molecule has 2 aromatic rings. The van der Waals surface area contributed by atoms with E-state index >= 15 is 0 Å². The van der Waals surface area contributed by atoms with Crippen molar-refractivity contribution in [2.75, 3.05) is 26.6 Å². The van der Waals surface area contributed by atoms with Crippen LogP contribution in [0.3, 0.4) is 0 Å². The molecule has 1 unspecified atom stereocenters. The quantitative estimate of drug-likeness (QED) is 0.282. The molecule has 0 aliphatic heterocycles. The lowest BCUT2D eigenvalue weighted by atomic mass is 9.99. The van der Waals surface area contributed by atoms with Gasteiger partial charge in [0.15, 0.2) is 11.5 Å². The molecule has 0 fully saturated rings. The molecule has 0 aliphatic rings. The van der Waals surface area contributed by atoms with Crippen molar-refractivity contribution >= 4 is 17.4 Å². The summed E-state index contributed by atoms with van der Waals surface area (Å²) in [5.74, 6) is 3.44. The monoisotopic (exact) mass is 405 g/mol. The van der Waals surface area contributed by atoms with Crippen LogP contribution in [0.15, 0.2) is 36.4 Å². The predicted octanol–water partition coefficient (Wildman–Crippen LogP) is 5.44. The summed E-state index contributed by atoms with van der Waals surface area (Å²) in [6.07, 6.45) is 1.11. The van der Waals surface area contributed by atoms with Crippen LogP contribution in [0, 0.1) is 10.1 Å². The zero-order valence-corrected chi connectivity index (χ0v) is 17.6. The Kier molecular flexibility index (Phi) is 8.44. The van der Waals surface area contributed by atoms with Crippen LogP contribution in [-0.4, -0.2) is 31.5 Å². The molecule has 152 valence electrons. The summed E-state index contributed by atoms with van der Waals surface area (Å²) in [6.45, 7) is 4.92. The van der Waals surface area contributed by atoms with Crippen molar-refractivity contribution in [2.45, 2.75) is 31.9 Å². The van der Waals surface area contributed by atoms with Gasteiger partial charge in [0.2, 0.25) is 0 Å². The van der Waals surface area contributed by atoms with Crippen LogP contribution in [0.1, 0.15) is 37.3 Å². The van der Waals surface area contributed by atoms with E-state index in [0.717, 1.165) is 17.9 Å². The van der Waals surface area contributed by atoms with Gasteiger partial charge in [-0.05, 0) is 36.1 Å². The van der Waals surface area contributed by atoms with Gasteiger partial charge in [0, 0.05) is 17.1 Å². The molecule has 0 radical (unpaired) electrons. The largest absolute Gasteiger partial charge is 0.493 e. The second-order valence-electron chi connectivity index (χ2n) is 6.37. The van der Waals surface area contributed by atoms with Gasteiger partial charge in [-0.1, -0.05) is 26.0 Å². The minimum absolute atomic E-state index is 0.0340. The molecule has 0 N–H and O–H groups in total. The maximum Gasteiger partial charge on any atom is 0.277 e. The zero-order valence-electron chi connectivity index (χ0n) is 16.8. The topological polar surface area (TPSA) is 70.8 Å². The fourth-order valence-corrected chi connectivity index (χ4v) is 3.52. The van der Waals surface area contributed by atoms with E-state index in [1.165, 1.54) is 25.8 Å². The summed E-state index contributed by atoms with van der Waals surface area (Å²) < 4.78 is 16.2. The highest BCUT2D eigenvalue weighted by Crippen LogP contribution is 2.36. The van der Waals surface area contributed by atoms with Crippen LogP contribution in [-0.2, 0) is 5.75 Å². The Bertz CT molecular complexity index is 779. The number of rotatable bonds is 11. The fraction of sp³-hybridized carbons (Fsp3) is 0.429. The molecule has 6 nitrogen and oxygen atoms in total. The van der Waals surface area contributed by atoms with Gasteiger partial charge in [0.25, 0.3) is 5.69 Å². The lowest BCUT2D eigenvalue weighted by Gasteiger charge is -2.11. The third-order valence-corrected chi connectivity index (χ3v) is 5.57. The fourth-order valence-electron chi connectivity index (χ4n) is 2.72. The number of nitro groups is 1. The van der Waals surface area contributed by atoms with Crippen molar-refractivity contribution < 1.29 is 19.1 Å². The Morgan fingerprint density at radius 3 is 2.32 bits per heavy atom. The van der Waals surface area contributed by atoms with E-state index in [1.807, 2.05) is 12.1 Å². The van der Waals surface area contributed by atoms with Gasteiger partial charge >= 0.3 is 0 Å². The predicted molar refractivity (Wildman–Crippen MR) is 113 cm³/mol. The Balaban J connectivity index is 1.88. The molecule has 2 aromatic carbocycles. The van der Waals surface area contributed by atoms with Gasteiger partial charge in [-0.3, -0.25) is 10.1 Å². The highest BCUT2D eigenvalue weighted by Gasteiger charge is 2.19. The molecular formula is C21H27NO5S. The van der Waals surface area contributed by atoms with Gasteiger partial charge in [-0.25, -0.2) is 0 Å². The van der Waals surface area contributed by atoms with Crippen LogP contribution in [0.4, 0.5) is 5.69 Å². The molecule has 0 amide bonds. The molecule has 0 spiro atoms. The highest BCUT2D eigenvalue weighted by molar-refractivity contribution is 7.98. The maximum absolute atomic E-state index is 11.3. The first kappa shape index (κ1) is 21.9. The van der Waals surface area contributed by atoms with Crippen LogP contribution in [0.25, 0.3) is 0 Å². The molecule has 0 bridgehead atoms. The highest BCUT2D eigenvalue weighted by atomic mass is 32.2. The number of ether oxygens (including phenoxy) is 3. The lowest BCUT2D eigenvalue weighted by Crippen LogP contribution is -2.02. The van der Waals surface area contributed by atoms with E-state index in [1.54, 1.807) is 17.8 Å². The number of nitro benzene ring substituents is 1. The van der Waals surface area contributed by atoms with Crippen molar-refractivity contribution in [2.24, 2.45) is 0 Å². The van der Waals surface area contributed by atoms with Crippen molar-refractivity contribution in [1.29, 1.82) is 0 Å². The van der Waals surface area contributed by atoms with Gasteiger partial charge in [-0.15, -0.1) is 0 Å². The second kappa shape index (κ2) is 10.8. The first-order valence-corrected chi connectivity index (χ1v) is 10.3. The standard InChI is InChI=1S/C21H27NO5S/c1-5-15(2)16-6-8-18(9-7-16)27-10-11-28-14-17-12-20(25-3)21(26-4)13-19(17)22(23)24/h6-9,12-13,15H,5,10-11,14H2,1-4H3. The number of methoxy groups -OCH3 is 2. The number of hydrogen-bond donors (Lipinski definition) is 0. The third-order valence-electron chi connectivity index (χ3n) is 4.60. The Hall–Kier alpha value is -2.41. The maximum atomic E-state index is 11.3. The smallest absolute Gasteiger partial charge is 0.277 e. The Morgan fingerprint density at radius 2 is 1.75 bits per heavy atom. The van der Waals surface area contributed by atoms with Crippen molar-refractivity contribution in [3.63, 3.8) is 0 Å². The molecule has 0 aliphatic carbocycles. The molecule has 0 aromatic heterocycles. The summed E-state index contributed by atoms with van der Waals surface area (Å²) in [7, 11) is 2.98. The number of hydrogen-bond acceptors (Lipinski definition) is 6. The van der Waals surface area contributed by atoms with Crippen LogP contribution in [0.2, 0.25) is 0 Å². The van der Waals surface area contributed by atoms with E-state index in [2.05, 4.69) is 26.0 Å². The molecule has 7 heteroatoms. The van der Waals surface area contributed by atoms with Crippen LogP contribution in [0.5, 0.6) is 17.2 Å². The lowest BCUT2D eigenvalue weighted by molar-refractivity contribution is -0.385. The molecule has 0 saturated heterocycles. The molecular weight excluding hydrogens is 378 g/mol. The Morgan fingerprint density at radius 1 is 1.11 bits per heavy atom. The average molecular weight is 406 g/mol. The molecule has 2 rings (SSSR count). The van der Waals surface area contributed by atoms with E-state index in [4.69, 9.17) is 14.2 Å².